The third-order valence-corrected chi connectivity index (χ3v) is 4.75. The van der Waals surface area contributed by atoms with Gasteiger partial charge in [-0.1, -0.05) is 23.7 Å². The van der Waals surface area contributed by atoms with Crippen LogP contribution in [0.3, 0.4) is 0 Å². The molecule has 1 amide bonds. The van der Waals surface area contributed by atoms with E-state index in [2.05, 4.69) is 30.4 Å². The van der Waals surface area contributed by atoms with Crippen LogP contribution in [-0.4, -0.2) is 57.2 Å². The molecule has 1 aromatic carbocycles. The molecule has 8 nitrogen and oxygen atoms in total. The molecule has 1 aliphatic rings. The highest BCUT2D eigenvalue weighted by Crippen LogP contribution is 2.23. The Hall–Kier alpha value is -3.26. The molecule has 0 radical (unpaired) electrons. The van der Waals surface area contributed by atoms with Crippen LogP contribution in [0, 0.1) is 0 Å². The van der Waals surface area contributed by atoms with E-state index < -0.39 is 0 Å². The van der Waals surface area contributed by atoms with Crippen molar-refractivity contribution in [1.29, 1.82) is 0 Å². The molecule has 0 spiro atoms. The predicted octanol–water partition coefficient (Wildman–Crippen LogP) is 2.63. The van der Waals surface area contributed by atoms with Crippen LogP contribution in [0.4, 0.5) is 17.5 Å². The van der Waals surface area contributed by atoms with Crippen molar-refractivity contribution in [2.24, 2.45) is 0 Å². The van der Waals surface area contributed by atoms with Gasteiger partial charge in [-0.2, -0.15) is 0 Å². The first-order valence-electron chi connectivity index (χ1n) is 8.87. The summed E-state index contributed by atoms with van der Waals surface area (Å²) in [6.07, 6.45) is 3.43. The van der Waals surface area contributed by atoms with Crippen molar-refractivity contribution in [2.75, 3.05) is 36.4 Å². The zero-order chi connectivity index (χ0) is 19.3. The summed E-state index contributed by atoms with van der Waals surface area (Å²) < 4.78 is 0. The molecule has 0 bridgehead atoms. The Morgan fingerprint density at radius 1 is 0.929 bits per heavy atom. The Morgan fingerprint density at radius 3 is 2.36 bits per heavy atom. The lowest BCUT2D eigenvalue weighted by Crippen LogP contribution is -2.49. The highest BCUT2D eigenvalue weighted by atomic mass is 35.5. The molecule has 0 atom stereocenters. The number of carbonyl (C=O) groups excluding carboxylic acids is 1. The van der Waals surface area contributed by atoms with Crippen molar-refractivity contribution in [1.82, 2.24) is 25.1 Å². The van der Waals surface area contributed by atoms with Crippen LogP contribution in [0.15, 0.2) is 54.9 Å². The van der Waals surface area contributed by atoms with Gasteiger partial charge < -0.3 is 15.1 Å². The van der Waals surface area contributed by atoms with Crippen LogP contribution in [0.5, 0.6) is 0 Å². The molecular formula is C19H18ClN7O. The highest BCUT2D eigenvalue weighted by molar-refractivity contribution is 6.33. The summed E-state index contributed by atoms with van der Waals surface area (Å²) in [4.78, 5) is 25.0. The molecule has 9 heteroatoms. The number of carbonyl (C=O) groups is 1. The van der Waals surface area contributed by atoms with E-state index in [1.165, 1.54) is 0 Å². The molecule has 1 aliphatic heterocycles. The van der Waals surface area contributed by atoms with Gasteiger partial charge in [0.15, 0.2) is 11.5 Å². The van der Waals surface area contributed by atoms with Crippen LogP contribution in [0.2, 0.25) is 5.02 Å². The van der Waals surface area contributed by atoms with E-state index in [0.29, 0.717) is 48.7 Å². The first-order valence-corrected chi connectivity index (χ1v) is 9.25. The molecule has 0 saturated carbocycles. The van der Waals surface area contributed by atoms with Crippen molar-refractivity contribution in [2.45, 2.75) is 0 Å². The normalized spacial score (nSPS) is 14.0. The van der Waals surface area contributed by atoms with E-state index in [9.17, 15) is 4.79 Å². The van der Waals surface area contributed by atoms with Gasteiger partial charge in [0.25, 0.3) is 5.91 Å². The van der Waals surface area contributed by atoms with Crippen molar-refractivity contribution >= 4 is 35.0 Å². The van der Waals surface area contributed by atoms with Crippen LogP contribution in [-0.2, 0) is 0 Å². The van der Waals surface area contributed by atoms with Crippen molar-refractivity contribution < 1.29 is 4.79 Å². The minimum Gasteiger partial charge on any atom is -0.338 e. The van der Waals surface area contributed by atoms with Crippen LogP contribution < -0.4 is 10.2 Å². The number of rotatable bonds is 4. The number of nitrogens with one attached hydrogen (secondary N) is 1. The summed E-state index contributed by atoms with van der Waals surface area (Å²) in [6.45, 7) is 2.52. The van der Waals surface area contributed by atoms with E-state index in [0.717, 1.165) is 5.69 Å². The number of aromatic nitrogens is 4. The Balaban J connectivity index is 1.37. The molecule has 142 valence electrons. The maximum atomic E-state index is 12.7. The van der Waals surface area contributed by atoms with Crippen LogP contribution >= 0.6 is 11.6 Å². The molecule has 2 aromatic heterocycles. The smallest absolute Gasteiger partial charge is 0.274 e. The zero-order valence-electron chi connectivity index (χ0n) is 15.0. The van der Waals surface area contributed by atoms with E-state index >= 15 is 0 Å². The second-order valence-corrected chi connectivity index (χ2v) is 6.64. The topological polar surface area (TPSA) is 87.1 Å². The number of piperazine rings is 1. The number of nitrogens with zero attached hydrogens (tertiary/aromatic N) is 6. The lowest BCUT2D eigenvalue weighted by molar-refractivity contribution is 0.0739. The second-order valence-electron chi connectivity index (χ2n) is 6.24. The fourth-order valence-electron chi connectivity index (χ4n) is 2.94. The standard InChI is InChI=1S/C19H18ClN7O/c20-14-4-1-2-5-15(14)23-17-7-6-16(24-25-17)18(28)26-10-12-27(13-11-26)19-21-8-3-9-22-19/h1-9H,10-13H2,(H,23,25). The molecular weight excluding hydrogens is 378 g/mol. The van der Waals surface area contributed by atoms with Gasteiger partial charge in [0, 0.05) is 38.6 Å². The van der Waals surface area contributed by atoms with Gasteiger partial charge >= 0.3 is 0 Å². The van der Waals surface area contributed by atoms with E-state index in [4.69, 9.17) is 11.6 Å². The zero-order valence-corrected chi connectivity index (χ0v) is 15.8. The SMILES string of the molecule is O=C(c1ccc(Nc2ccccc2Cl)nn1)N1CCN(c2ncccn2)CC1. The molecule has 1 saturated heterocycles. The molecule has 3 aromatic rings. The van der Waals surface area contributed by atoms with Crippen LogP contribution in [0.25, 0.3) is 0 Å². The Bertz CT molecular complexity index is 944. The minimum absolute atomic E-state index is 0.134. The van der Waals surface area contributed by atoms with Crippen LogP contribution in [0.1, 0.15) is 10.5 Å². The average molecular weight is 396 g/mol. The molecule has 0 unspecified atom stereocenters. The maximum absolute atomic E-state index is 12.7. The van der Waals surface area contributed by atoms with E-state index in [1.54, 1.807) is 41.6 Å². The first-order chi connectivity index (χ1) is 13.7. The molecule has 3 heterocycles. The molecule has 1 fully saturated rings. The minimum atomic E-state index is -0.134. The fraction of sp³-hybridized carbons (Fsp3) is 0.211. The number of halogens is 1. The summed E-state index contributed by atoms with van der Waals surface area (Å²) in [5.41, 5.74) is 1.05. The average Bonchev–Trinajstić information content (AvgIpc) is 2.76. The molecule has 28 heavy (non-hydrogen) atoms. The second kappa shape index (κ2) is 8.18. The predicted molar refractivity (Wildman–Crippen MR) is 107 cm³/mol. The van der Waals surface area contributed by atoms with Gasteiger partial charge in [0.05, 0.1) is 10.7 Å². The lowest BCUT2D eigenvalue weighted by atomic mass is 10.2. The third kappa shape index (κ3) is 4.01. The fourth-order valence-corrected chi connectivity index (χ4v) is 3.12. The number of para-hydroxylation sites is 1. The first kappa shape index (κ1) is 18.1. The summed E-state index contributed by atoms with van der Waals surface area (Å²) in [5, 5.41) is 11.8. The van der Waals surface area contributed by atoms with Crippen molar-refractivity contribution in [3.05, 3.63) is 65.6 Å². The Kier molecular flexibility index (Phi) is 5.29. The van der Waals surface area contributed by atoms with Gasteiger partial charge in [0.2, 0.25) is 5.95 Å². The number of benzene rings is 1. The number of hydrogen-bond acceptors (Lipinski definition) is 7. The summed E-state index contributed by atoms with van der Waals surface area (Å²) in [7, 11) is 0. The summed E-state index contributed by atoms with van der Waals surface area (Å²) in [6, 6.07) is 12.5. The Labute approximate surface area is 167 Å². The highest BCUT2D eigenvalue weighted by Gasteiger charge is 2.24. The number of amides is 1. The van der Waals surface area contributed by atoms with Gasteiger partial charge in [-0.05, 0) is 30.3 Å². The van der Waals surface area contributed by atoms with E-state index in [1.807, 2.05) is 18.2 Å². The number of hydrogen-bond donors (Lipinski definition) is 1. The quantitative estimate of drug-likeness (QED) is 0.726. The lowest BCUT2D eigenvalue weighted by Gasteiger charge is -2.34. The van der Waals surface area contributed by atoms with Gasteiger partial charge in [-0.15, -0.1) is 10.2 Å². The number of anilines is 3. The molecule has 1 N–H and O–H groups in total. The molecule has 0 aliphatic carbocycles. The largest absolute Gasteiger partial charge is 0.338 e. The van der Waals surface area contributed by atoms with Gasteiger partial charge in [-0.3, -0.25) is 4.79 Å². The summed E-state index contributed by atoms with van der Waals surface area (Å²) in [5.74, 6) is 1.07. The third-order valence-electron chi connectivity index (χ3n) is 4.42. The maximum Gasteiger partial charge on any atom is 0.274 e. The van der Waals surface area contributed by atoms with Gasteiger partial charge in [0.1, 0.15) is 0 Å². The van der Waals surface area contributed by atoms with E-state index in [-0.39, 0.29) is 5.91 Å². The summed E-state index contributed by atoms with van der Waals surface area (Å²) >= 11 is 6.13. The Morgan fingerprint density at radius 2 is 1.68 bits per heavy atom. The van der Waals surface area contributed by atoms with Crippen molar-refractivity contribution in [3.8, 4) is 0 Å². The van der Waals surface area contributed by atoms with Gasteiger partial charge in [-0.25, -0.2) is 9.97 Å². The van der Waals surface area contributed by atoms with Crippen molar-refractivity contribution in [3.63, 3.8) is 0 Å². The molecule has 4 rings (SSSR count). The monoisotopic (exact) mass is 395 g/mol.